The molecule has 0 N–H and O–H groups in total. The van der Waals surface area contributed by atoms with E-state index in [1.807, 2.05) is 18.2 Å². The van der Waals surface area contributed by atoms with Gasteiger partial charge in [-0.05, 0) is 52.2 Å². The Morgan fingerprint density at radius 2 is 1.96 bits per heavy atom. The number of fused-ring (bicyclic) bond motifs is 1. The van der Waals surface area contributed by atoms with E-state index < -0.39 is 10.0 Å². The summed E-state index contributed by atoms with van der Waals surface area (Å²) in [6.07, 6.45) is 0.774. The van der Waals surface area contributed by atoms with Crippen LogP contribution in [0.3, 0.4) is 0 Å². The second-order valence-electron chi connectivity index (χ2n) is 5.72. The van der Waals surface area contributed by atoms with Crippen molar-refractivity contribution in [2.24, 2.45) is 0 Å². The standard InChI is InChI=1S/C16H16BrNO4S3/c17-15-3-4-16(24-15)25(19,20)18-6-5-14(23-8-7-18)11-1-2-12-13(9-11)22-10-21-12/h1-4,9,14H,5-8,10H2. The maximum absolute atomic E-state index is 12.8. The lowest BCUT2D eigenvalue weighted by Gasteiger charge is -2.19. The molecule has 0 saturated carbocycles. The summed E-state index contributed by atoms with van der Waals surface area (Å²) < 4.78 is 39.3. The summed E-state index contributed by atoms with van der Waals surface area (Å²) in [5.74, 6) is 2.32. The lowest BCUT2D eigenvalue weighted by Crippen LogP contribution is -2.32. The Hall–Kier alpha value is -0.740. The van der Waals surface area contributed by atoms with Gasteiger partial charge in [0.2, 0.25) is 6.79 Å². The molecule has 0 radical (unpaired) electrons. The van der Waals surface area contributed by atoms with Crippen LogP contribution in [0.4, 0.5) is 0 Å². The maximum atomic E-state index is 12.8. The van der Waals surface area contributed by atoms with Crippen molar-refractivity contribution in [2.45, 2.75) is 15.9 Å². The van der Waals surface area contributed by atoms with Crippen molar-refractivity contribution in [1.29, 1.82) is 0 Å². The molecular weight excluding hydrogens is 446 g/mol. The number of rotatable bonds is 3. The third kappa shape index (κ3) is 3.57. The van der Waals surface area contributed by atoms with Crippen molar-refractivity contribution in [3.05, 3.63) is 39.7 Å². The molecule has 0 bridgehead atoms. The molecule has 2 aromatic rings. The summed E-state index contributed by atoms with van der Waals surface area (Å²) in [4.78, 5) is 0. The smallest absolute Gasteiger partial charge is 0.252 e. The minimum absolute atomic E-state index is 0.254. The lowest BCUT2D eigenvalue weighted by atomic mass is 10.1. The molecule has 1 unspecified atom stereocenters. The topological polar surface area (TPSA) is 55.8 Å². The molecule has 1 saturated heterocycles. The molecule has 1 fully saturated rings. The van der Waals surface area contributed by atoms with E-state index in [4.69, 9.17) is 9.47 Å². The fourth-order valence-corrected chi connectivity index (χ4v) is 7.89. The first kappa shape index (κ1) is 17.7. The zero-order valence-corrected chi connectivity index (χ0v) is 17.2. The molecule has 1 atom stereocenters. The Balaban J connectivity index is 1.50. The molecule has 0 amide bonds. The molecule has 25 heavy (non-hydrogen) atoms. The third-order valence-corrected chi connectivity index (χ3v) is 9.53. The zero-order chi connectivity index (χ0) is 17.4. The van der Waals surface area contributed by atoms with Crippen molar-refractivity contribution in [2.75, 3.05) is 25.6 Å². The van der Waals surface area contributed by atoms with Gasteiger partial charge in [-0.3, -0.25) is 0 Å². The van der Waals surface area contributed by atoms with Gasteiger partial charge in [-0.1, -0.05) is 6.07 Å². The SMILES string of the molecule is O=S(=O)(c1ccc(Br)s1)N1CCSC(c2ccc3c(c2)OCO3)CC1. The van der Waals surface area contributed by atoms with Gasteiger partial charge in [0.05, 0.1) is 3.79 Å². The highest BCUT2D eigenvalue weighted by Crippen LogP contribution is 2.41. The van der Waals surface area contributed by atoms with Gasteiger partial charge < -0.3 is 9.47 Å². The number of thioether (sulfide) groups is 1. The van der Waals surface area contributed by atoms with Crippen LogP contribution in [0.5, 0.6) is 11.5 Å². The molecule has 4 rings (SSSR count). The number of sulfonamides is 1. The van der Waals surface area contributed by atoms with Crippen molar-refractivity contribution >= 4 is 49.1 Å². The second kappa shape index (κ2) is 7.11. The van der Waals surface area contributed by atoms with E-state index in [0.29, 0.717) is 17.3 Å². The predicted octanol–water partition coefficient (Wildman–Crippen LogP) is 4.11. The summed E-state index contributed by atoms with van der Waals surface area (Å²) in [5.41, 5.74) is 1.16. The van der Waals surface area contributed by atoms with Gasteiger partial charge in [0, 0.05) is 24.1 Å². The summed E-state index contributed by atoms with van der Waals surface area (Å²) in [6.45, 7) is 1.31. The fraction of sp³-hybridized carbons (Fsp3) is 0.375. The Labute approximate surface area is 163 Å². The van der Waals surface area contributed by atoms with E-state index in [-0.39, 0.29) is 12.0 Å². The molecule has 3 heterocycles. The molecule has 5 nitrogen and oxygen atoms in total. The minimum Gasteiger partial charge on any atom is -0.454 e. The first-order valence-corrected chi connectivity index (χ1v) is 11.9. The fourth-order valence-electron chi connectivity index (χ4n) is 2.93. The summed E-state index contributed by atoms with van der Waals surface area (Å²) >= 11 is 6.39. The highest BCUT2D eigenvalue weighted by atomic mass is 79.9. The summed E-state index contributed by atoms with van der Waals surface area (Å²) in [5, 5.41) is 0.254. The van der Waals surface area contributed by atoms with Crippen LogP contribution in [-0.2, 0) is 10.0 Å². The molecule has 1 aromatic heterocycles. The number of ether oxygens (including phenoxy) is 2. The van der Waals surface area contributed by atoms with E-state index in [0.717, 1.165) is 33.0 Å². The van der Waals surface area contributed by atoms with Crippen LogP contribution in [0.25, 0.3) is 0 Å². The molecule has 0 aliphatic carbocycles. The van der Waals surface area contributed by atoms with Crippen molar-refractivity contribution in [1.82, 2.24) is 4.31 Å². The summed E-state index contributed by atoms with van der Waals surface area (Å²) in [7, 11) is -3.42. The Bertz CT molecular complexity index is 883. The first-order valence-electron chi connectivity index (χ1n) is 7.81. The lowest BCUT2D eigenvalue weighted by molar-refractivity contribution is 0.174. The number of nitrogens with zero attached hydrogens (tertiary/aromatic N) is 1. The van der Waals surface area contributed by atoms with Crippen LogP contribution in [0.1, 0.15) is 17.2 Å². The Morgan fingerprint density at radius 3 is 2.76 bits per heavy atom. The van der Waals surface area contributed by atoms with Gasteiger partial charge >= 0.3 is 0 Å². The predicted molar refractivity (Wildman–Crippen MR) is 103 cm³/mol. The van der Waals surface area contributed by atoms with Crippen LogP contribution < -0.4 is 9.47 Å². The quantitative estimate of drug-likeness (QED) is 0.688. The van der Waals surface area contributed by atoms with Gasteiger partial charge in [-0.25, -0.2) is 8.42 Å². The van der Waals surface area contributed by atoms with Gasteiger partial charge in [-0.15, -0.1) is 11.3 Å². The van der Waals surface area contributed by atoms with Crippen LogP contribution in [-0.4, -0.2) is 38.4 Å². The van der Waals surface area contributed by atoms with Gasteiger partial charge in [-0.2, -0.15) is 16.1 Å². The number of halogens is 1. The van der Waals surface area contributed by atoms with Crippen LogP contribution in [0.2, 0.25) is 0 Å². The molecule has 2 aliphatic rings. The normalized spacial score (nSPS) is 21.2. The summed E-state index contributed by atoms with van der Waals surface area (Å²) in [6, 6.07) is 9.43. The Kier molecular flexibility index (Phi) is 5.02. The van der Waals surface area contributed by atoms with Crippen molar-refractivity contribution in [3.63, 3.8) is 0 Å². The highest BCUT2D eigenvalue weighted by Gasteiger charge is 2.30. The van der Waals surface area contributed by atoms with Gasteiger partial charge in [0.25, 0.3) is 10.0 Å². The van der Waals surface area contributed by atoms with Crippen LogP contribution >= 0.6 is 39.0 Å². The molecule has 134 valence electrons. The number of hydrogen-bond donors (Lipinski definition) is 0. The Morgan fingerprint density at radius 1 is 1.12 bits per heavy atom. The van der Waals surface area contributed by atoms with E-state index in [2.05, 4.69) is 15.9 Å². The maximum Gasteiger partial charge on any atom is 0.252 e. The second-order valence-corrected chi connectivity index (χ2v) is 11.7. The third-order valence-electron chi connectivity index (χ3n) is 4.21. The van der Waals surface area contributed by atoms with E-state index in [1.54, 1.807) is 28.2 Å². The molecular formula is C16H16BrNO4S3. The molecule has 2 aliphatic heterocycles. The van der Waals surface area contributed by atoms with E-state index in [9.17, 15) is 8.42 Å². The average molecular weight is 462 g/mol. The van der Waals surface area contributed by atoms with Crippen LogP contribution in [0.15, 0.2) is 38.3 Å². The van der Waals surface area contributed by atoms with Crippen LogP contribution in [0, 0.1) is 0 Å². The zero-order valence-electron chi connectivity index (χ0n) is 13.2. The highest BCUT2D eigenvalue weighted by molar-refractivity contribution is 9.11. The van der Waals surface area contributed by atoms with E-state index in [1.165, 1.54) is 11.3 Å². The van der Waals surface area contributed by atoms with Gasteiger partial charge in [0.1, 0.15) is 4.21 Å². The number of hydrogen-bond acceptors (Lipinski definition) is 6. The molecule has 0 spiro atoms. The largest absolute Gasteiger partial charge is 0.454 e. The molecule has 1 aromatic carbocycles. The van der Waals surface area contributed by atoms with Crippen molar-refractivity contribution in [3.8, 4) is 11.5 Å². The van der Waals surface area contributed by atoms with Gasteiger partial charge in [0.15, 0.2) is 11.5 Å². The minimum atomic E-state index is -3.42. The molecule has 9 heteroatoms. The number of thiophene rings is 1. The van der Waals surface area contributed by atoms with E-state index >= 15 is 0 Å². The number of benzene rings is 1. The average Bonchev–Trinajstić information content (AvgIpc) is 3.16. The first-order chi connectivity index (χ1) is 12.0. The monoisotopic (exact) mass is 461 g/mol. The van der Waals surface area contributed by atoms with Crippen molar-refractivity contribution < 1.29 is 17.9 Å².